The Bertz CT molecular complexity index is 453. The largest absolute Gasteiger partial charge is 0.357 e. The molecule has 1 amide bonds. The molecule has 1 heterocycles. The van der Waals surface area contributed by atoms with E-state index in [0.717, 1.165) is 31.7 Å². The van der Waals surface area contributed by atoms with Gasteiger partial charge in [-0.05, 0) is 19.8 Å². The molecule has 20 heavy (non-hydrogen) atoms. The zero-order valence-electron chi connectivity index (χ0n) is 12.6. The molecule has 1 aromatic rings. The summed E-state index contributed by atoms with van der Waals surface area (Å²) >= 11 is 0. The molecule has 0 aromatic carbocycles. The Morgan fingerprint density at radius 2 is 2.00 bits per heavy atom. The molecule has 0 bridgehead atoms. The van der Waals surface area contributed by atoms with Crippen molar-refractivity contribution in [1.82, 2.24) is 15.3 Å². The number of rotatable bonds is 8. The zero-order chi connectivity index (χ0) is 15.0. The second-order valence-electron chi connectivity index (χ2n) is 4.64. The normalized spacial score (nSPS) is 10.2. The van der Waals surface area contributed by atoms with Crippen LogP contribution in [0.3, 0.4) is 0 Å². The summed E-state index contributed by atoms with van der Waals surface area (Å²) in [5.41, 5.74) is 0.409. The fourth-order valence-electron chi connectivity index (χ4n) is 1.97. The number of carbonyl (C=O) groups is 1. The van der Waals surface area contributed by atoms with Gasteiger partial charge in [0.1, 0.15) is 17.3 Å². The summed E-state index contributed by atoms with van der Waals surface area (Å²) in [4.78, 5) is 22.8. The first kappa shape index (κ1) is 16.1. The molecule has 0 saturated carbocycles. The number of aromatic nitrogens is 2. The summed E-state index contributed by atoms with van der Waals surface area (Å²) in [7, 11) is 0. The molecule has 1 aromatic heterocycles. The lowest BCUT2D eigenvalue weighted by Gasteiger charge is -2.23. The highest BCUT2D eigenvalue weighted by Crippen LogP contribution is 2.14. The molecule has 110 valence electrons. The number of nitrogens with zero attached hydrogens (tertiary/aromatic N) is 3. The molecule has 0 fully saturated rings. The van der Waals surface area contributed by atoms with Gasteiger partial charge in [0.05, 0.1) is 0 Å². The lowest BCUT2D eigenvalue weighted by molar-refractivity contribution is 0.0952. The van der Waals surface area contributed by atoms with Gasteiger partial charge >= 0.3 is 0 Å². The maximum atomic E-state index is 12.0. The van der Waals surface area contributed by atoms with Gasteiger partial charge in [0.2, 0.25) is 0 Å². The minimum atomic E-state index is -0.190. The van der Waals surface area contributed by atoms with E-state index in [9.17, 15) is 4.79 Å². The van der Waals surface area contributed by atoms with Crippen molar-refractivity contribution in [3.63, 3.8) is 0 Å². The van der Waals surface area contributed by atoms with Crippen molar-refractivity contribution >= 4 is 11.7 Å². The summed E-state index contributed by atoms with van der Waals surface area (Å²) < 4.78 is 0. The van der Waals surface area contributed by atoms with E-state index in [1.807, 2.05) is 6.92 Å². The van der Waals surface area contributed by atoms with Crippen LogP contribution in [0.4, 0.5) is 5.82 Å². The van der Waals surface area contributed by atoms with Crippen LogP contribution < -0.4 is 10.2 Å². The van der Waals surface area contributed by atoms with E-state index in [0.29, 0.717) is 18.1 Å². The number of nitrogens with one attached hydrogen (secondary N) is 1. The molecule has 1 rings (SSSR count). The molecule has 0 aliphatic heterocycles. The first-order valence-electron chi connectivity index (χ1n) is 7.12. The smallest absolute Gasteiger partial charge is 0.270 e. The van der Waals surface area contributed by atoms with E-state index in [-0.39, 0.29) is 5.91 Å². The van der Waals surface area contributed by atoms with Gasteiger partial charge in [-0.15, -0.1) is 6.58 Å². The Hall–Kier alpha value is -1.91. The van der Waals surface area contributed by atoms with Crippen LogP contribution in [-0.2, 0) is 0 Å². The quantitative estimate of drug-likeness (QED) is 0.740. The van der Waals surface area contributed by atoms with Gasteiger partial charge in [0.25, 0.3) is 5.91 Å². The fraction of sp³-hybridized carbons (Fsp3) is 0.533. The molecule has 0 aliphatic carbocycles. The molecule has 0 unspecified atom stereocenters. The van der Waals surface area contributed by atoms with Crippen LogP contribution in [0.15, 0.2) is 18.7 Å². The minimum absolute atomic E-state index is 0.190. The predicted octanol–water partition coefficient (Wildman–Crippen LogP) is 2.33. The monoisotopic (exact) mass is 276 g/mol. The summed E-state index contributed by atoms with van der Waals surface area (Å²) in [5, 5.41) is 2.74. The van der Waals surface area contributed by atoms with E-state index >= 15 is 0 Å². The molecule has 5 nitrogen and oxygen atoms in total. The number of anilines is 1. The van der Waals surface area contributed by atoms with Crippen molar-refractivity contribution in [2.75, 3.05) is 24.5 Å². The Labute approximate surface area is 121 Å². The number of hydrogen-bond donors (Lipinski definition) is 1. The van der Waals surface area contributed by atoms with Gasteiger partial charge in [-0.3, -0.25) is 4.79 Å². The minimum Gasteiger partial charge on any atom is -0.357 e. The first-order chi connectivity index (χ1) is 9.62. The highest BCUT2D eigenvalue weighted by atomic mass is 16.1. The summed E-state index contributed by atoms with van der Waals surface area (Å²) in [6.07, 6.45) is 3.73. The van der Waals surface area contributed by atoms with E-state index in [2.05, 4.69) is 40.6 Å². The SMILES string of the molecule is C=CCNC(=O)c1cc(N(CCC)CCC)nc(C)n1. The zero-order valence-corrected chi connectivity index (χ0v) is 12.6. The third-order valence-electron chi connectivity index (χ3n) is 2.78. The van der Waals surface area contributed by atoms with Crippen LogP contribution in [-0.4, -0.2) is 35.5 Å². The van der Waals surface area contributed by atoms with Gasteiger partial charge < -0.3 is 10.2 Å². The maximum absolute atomic E-state index is 12.0. The molecular formula is C15H24N4O. The highest BCUT2D eigenvalue weighted by molar-refractivity contribution is 5.93. The van der Waals surface area contributed by atoms with Crippen LogP contribution >= 0.6 is 0 Å². The van der Waals surface area contributed by atoms with Crippen molar-refractivity contribution < 1.29 is 4.79 Å². The van der Waals surface area contributed by atoms with Crippen LogP contribution in [0.5, 0.6) is 0 Å². The Balaban J connectivity index is 2.99. The molecule has 0 atom stereocenters. The van der Waals surface area contributed by atoms with Crippen molar-refractivity contribution in [3.05, 3.63) is 30.2 Å². The van der Waals surface area contributed by atoms with E-state index in [1.165, 1.54) is 0 Å². The average molecular weight is 276 g/mol. The maximum Gasteiger partial charge on any atom is 0.270 e. The number of hydrogen-bond acceptors (Lipinski definition) is 4. The van der Waals surface area contributed by atoms with Crippen LogP contribution in [0, 0.1) is 6.92 Å². The molecule has 0 spiro atoms. The Morgan fingerprint density at radius 1 is 1.35 bits per heavy atom. The lowest BCUT2D eigenvalue weighted by Crippen LogP contribution is -2.28. The van der Waals surface area contributed by atoms with Gasteiger partial charge in [-0.1, -0.05) is 19.9 Å². The summed E-state index contributed by atoms with van der Waals surface area (Å²) in [6, 6.07) is 1.76. The standard InChI is InChI=1S/C15H24N4O/c1-5-8-16-15(20)13-11-14(18-12(4)17-13)19(9-6-2)10-7-3/h5,11H,1,6-10H2,2-4H3,(H,16,20). The van der Waals surface area contributed by atoms with Crippen molar-refractivity contribution in [3.8, 4) is 0 Å². The molecule has 5 heteroatoms. The van der Waals surface area contributed by atoms with Gasteiger partial charge in [-0.25, -0.2) is 9.97 Å². The van der Waals surface area contributed by atoms with E-state index < -0.39 is 0 Å². The first-order valence-corrected chi connectivity index (χ1v) is 7.12. The second-order valence-corrected chi connectivity index (χ2v) is 4.64. The third-order valence-corrected chi connectivity index (χ3v) is 2.78. The average Bonchev–Trinajstić information content (AvgIpc) is 2.43. The summed E-state index contributed by atoms with van der Waals surface area (Å²) in [5.74, 6) is 1.25. The molecular weight excluding hydrogens is 252 g/mol. The Morgan fingerprint density at radius 3 is 2.55 bits per heavy atom. The summed E-state index contributed by atoms with van der Waals surface area (Å²) in [6.45, 7) is 12.0. The van der Waals surface area contributed by atoms with Gasteiger partial charge in [-0.2, -0.15) is 0 Å². The molecule has 0 radical (unpaired) electrons. The second kappa shape index (κ2) is 8.30. The molecule has 1 N–H and O–H groups in total. The van der Waals surface area contributed by atoms with Crippen molar-refractivity contribution in [2.24, 2.45) is 0 Å². The number of amides is 1. The van der Waals surface area contributed by atoms with E-state index in [1.54, 1.807) is 12.1 Å². The predicted molar refractivity (Wildman–Crippen MR) is 82.1 cm³/mol. The van der Waals surface area contributed by atoms with Crippen molar-refractivity contribution in [1.29, 1.82) is 0 Å². The van der Waals surface area contributed by atoms with Gasteiger partial charge in [0, 0.05) is 25.7 Å². The number of aryl methyl sites for hydroxylation is 1. The lowest BCUT2D eigenvalue weighted by atomic mass is 10.3. The van der Waals surface area contributed by atoms with Crippen LogP contribution in [0.2, 0.25) is 0 Å². The fourth-order valence-corrected chi connectivity index (χ4v) is 1.97. The van der Waals surface area contributed by atoms with E-state index in [4.69, 9.17) is 0 Å². The molecule has 0 saturated heterocycles. The topological polar surface area (TPSA) is 58.1 Å². The Kier molecular flexibility index (Phi) is 6.70. The van der Waals surface area contributed by atoms with Crippen molar-refractivity contribution in [2.45, 2.75) is 33.6 Å². The highest BCUT2D eigenvalue weighted by Gasteiger charge is 2.13. The van der Waals surface area contributed by atoms with Crippen LogP contribution in [0.25, 0.3) is 0 Å². The van der Waals surface area contributed by atoms with Crippen LogP contribution in [0.1, 0.15) is 43.0 Å². The molecule has 0 aliphatic rings. The van der Waals surface area contributed by atoms with Gasteiger partial charge in [0.15, 0.2) is 0 Å². The number of carbonyl (C=O) groups excluding carboxylic acids is 1. The third kappa shape index (κ3) is 4.64.